The van der Waals surface area contributed by atoms with Gasteiger partial charge in [0.1, 0.15) is 10.8 Å². The van der Waals surface area contributed by atoms with Crippen LogP contribution in [0.3, 0.4) is 0 Å². The molecule has 5 nitrogen and oxygen atoms in total. The highest BCUT2D eigenvalue weighted by Crippen LogP contribution is 2.24. The summed E-state index contributed by atoms with van der Waals surface area (Å²) in [6.07, 6.45) is 0.0842. The van der Waals surface area contributed by atoms with E-state index in [1.807, 2.05) is 13.8 Å². The van der Waals surface area contributed by atoms with Crippen molar-refractivity contribution in [3.05, 3.63) is 46.8 Å². The number of thiophene rings is 1. The molecule has 0 aliphatic heterocycles. The van der Waals surface area contributed by atoms with E-state index < -0.39 is 0 Å². The fourth-order valence-electron chi connectivity index (χ4n) is 1.85. The molecule has 0 aliphatic carbocycles. The summed E-state index contributed by atoms with van der Waals surface area (Å²) in [7, 11) is 1.55. The molecule has 6 heteroatoms. The second-order valence-electron chi connectivity index (χ2n) is 4.89. The van der Waals surface area contributed by atoms with Crippen LogP contribution in [-0.2, 0) is 0 Å². The summed E-state index contributed by atoms with van der Waals surface area (Å²) >= 11 is 1.31. The lowest BCUT2D eigenvalue weighted by atomic mass is 10.2. The number of nitrogens with one attached hydrogen (secondary N) is 2. The van der Waals surface area contributed by atoms with E-state index >= 15 is 0 Å². The van der Waals surface area contributed by atoms with Crippen molar-refractivity contribution in [3.8, 4) is 5.75 Å². The van der Waals surface area contributed by atoms with Gasteiger partial charge in [-0.2, -0.15) is 0 Å². The number of ether oxygens (including phenoxy) is 1. The molecule has 0 bridgehead atoms. The monoisotopic (exact) mass is 318 g/mol. The number of amides is 2. The van der Waals surface area contributed by atoms with Crippen LogP contribution in [0.2, 0.25) is 0 Å². The molecule has 2 N–H and O–H groups in total. The number of rotatable bonds is 5. The van der Waals surface area contributed by atoms with Crippen molar-refractivity contribution in [1.82, 2.24) is 5.32 Å². The van der Waals surface area contributed by atoms with Crippen LogP contribution in [0, 0.1) is 0 Å². The SMILES string of the molecule is CNC(=O)c1ccsc1NC(=O)c1ccc(OC(C)C)cc1. The van der Waals surface area contributed by atoms with Gasteiger partial charge in [-0.3, -0.25) is 9.59 Å². The van der Waals surface area contributed by atoms with Crippen molar-refractivity contribution in [3.63, 3.8) is 0 Å². The summed E-state index contributed by atoms with van der Waals surface area (Å²) in [4.78, 5) is 23.9. The maximum atomic E-state index is 12.2. The topological polar surface area (TPSA) is 67.4 Å². The molecule has 2 aromatic rings. The Balaban J connectivity index is 2.09. The highest BCUT2D eigenvalue weighted by Gasteiger charge is 2.14. The van der Waals surface area contributed by atoms with Gasteiger partial charge in [-0.05, 0) is 49.6 Å². The predicted octanol–water partition coefficient (Wildman–Crippen LogP) is 3.15. The van der Waals surface area contributed by atoms with Crippen LogP contribution in [0.1, 0.15) is 34.6 Å². The number of anilines is 1. The first kappa shape index (κ1) is 16.0. The second kappa shape index (κ2) is 7.09. The van der Waals surface area contributed by atoms with E-state index in [1.165, 1.54) is 11.3 Å². The molecule has 2 rings (SSSR count). The number of benzene rings is 1. The molecule has 116 valence electrons. The van der Waals surface area contributed by atoms with E-state index in [4.69, 9.17) is 4.74 Å². The Morgan fingerprint density at radius 2 is 1.77 bits per heavy atom. The number of carbonyl (C=O) groups is 2. The summed E-state index contributed by atoms with van der Waals surface area (Å²) in [6.45, 7) is 3.88. The third kappa shape index (κ3) is 3.85. The molecular formula is C16H18N2O3S. The lowest BCUT2D eigenvalue weighted by Gasteiger charge is -2.10. The van der Waals surface area contributed by atoms with Crippen LogP contribution >= 0.6 is 11.3 Å². The summed E-state index contributed by atoms with van der Waals surface area (Å²) in [5.41, 5.74) is 0.966. The van der Waals surface area contributed by atoms with Gasteiger partial charge in [-0.15, -0.1) is 11.3 Å². The van der Waals surface area contributed by atoms with Gasteiger partial charge in [-0.1, -0.05) is 0 Å². The quantitative estimate of drug-likeness (QED) is 0.890. The molecule has 0 radical (unpaired) electrons. The van der Waals surface area contributed by atoms with Crippen molar-refractivity contribution in [2.24, 2.45) is 0 Å². The Morgan fingerprint density at radius 3 is 2.36 bits per heavy atom. The average Bonchev–Trinajstić information content (AvgIpc) is 2.94. The summed E-state index contributed by atoms with van der Waals surface area (Å²) in [5.74, 6) is 0.231. The second-order valence-corrected chi connectivity index (χ2v) is 5.80. The number of carbonyl (C=O) groups excluding carboxylic acids is 2. The fraction of sp³-hybridized carbons (Fsp3) is 0.250. The Bertz CT molecular complexity index is 662. The zero-order valence-corrected chi connectivity index (χ0v) is 13.5. The third-order valence-corrected chi connectivity index (χ3v) is 3.68. The minimum atomic E-state index is -0.260. The van der Waals surface area contributed by atoms with Gasteiger partial charge in [0.25, 0.3) is 11.8 Å². The van der Waals surface area contributed by atoms with Crippen LogP contribution < -0.4 is 15.4 Å². The molecule has 1 aromatic heterocycles. The first-order chi connectivity index (χ1) is 10.5. The molecule has 22 heavy (non-hydrogen) atoms. The number of hydrogen-bond acceptors (Lipinski definition) is 4. The van der Waals surface area contributed by atoms with Crippen molar-refractivity contribution in [2.45, 2.75) is 20.0 Å². The Hall–Kier alpha value is -2.34. The molecule has 2 amide bonds. The van der Waals surface area contributed by atoms with Crippen LogP contribution in [0.5, 0.6) is 5.75 Å². The predicted molar refractivity (Wildman–Crippen MR) is 87.9 cm³/mol. The van der Waals surface area contributed by atoms with E-state index in [1.54, 1.807) is 42.8 Å². The summed E-state index contributed by atoms with van der Waals surface area (Å²) < 4.78 is 5.54. The Kier molecular flexibility index (Phi) is 5.16. The van der Waals surface area contributed by atoms with E-state index in [0.29, 0.717) is 21.9 Å². The largest absolute Gasteiger partial charge is 0.491 e. The maximum absolute atomic E-state index is 12.2. The maximum Gasteiger partial charge on any atom is 0.256 e. The van der Waals surface area contributed by atoms with Gasteiger partial charge in [-0.25, -0.2) is 0 Å². The molecule has 1 heterocycles. The molecular weight excluding hydrogens is 300 g/mol. The van der Waals surface area contributed by atoms with E-state index in [9.17, 15) is 9.59 Å². The molecule has 0 atom stereocenters. The zero-order chi connectivity index (χ0) is 16.1. The standard InChI is InChI=1S/C16H18N2O3S/c1-10(2)21-12-6-4-11(5-7-12)14(19)18-16-13(8-9-22-16)15(20)17-3/h4-10H,1-3H3,(H,17,20)(H,18,19). The first-order valence-electron chi connectivity index (χ1n) is 6.89. The Morgan fingerprint density at radius 1 is 1.09 bits per heavy atom. The highest BCUT2D eigenvalue weighted by molar-refractivity contribution is 7.14. The minimum absolute atomic E-state index is 0.0842. The molecule has 0 aliphatic rings. The first-order valence-corrected chi connectivity index (χ1v) is 7.77. The van der Waals surface area contributed by atoms with Gasteiger partial charge in [0.15, 0.2) is 0 Å². The zero-order valence-electron chi connectivity index (χ0n) is 12.7. The van der Waals surface area contributed by atoms with Crippen LogP contribution in [-0.4, -0.2) is 25.0 Å². The lowest BCUT2D eigenvalue weighted by molar-refractivity contribution is 0.0964. The van der Waals surface area contributed by atoms with E-state index in [2.05, 4.69) is 10.6 Å². The van der Waals surface area contributed by atoms with Crippen molar-refractivity contribution in [2.75, 3.05) is 12.4 Å². The van der Waals surface area contributed by atoms with Crippen molar-refractivity contribution in [1.29, 1.82) is 0 Å². The third-order valence-electron chi connectivity index (χ3n) is 2.85. The van der Waals surface area contributed by atoms with E-state index in [-0.39, 0.29) is 17.9 Å². The molecule has 0 spiro atoms. The van der Waals surface area contributed by atoms with Crippen LogP contribution in [0.25, 0.3) is 0 Å². The van der Waals surface area contributed by atoms with Gasteiger partial charge < -0.3 is 15.4 Å². The molecule has 1 aromatic carbocycles. The highest BCUT2D eigenvalue weighted by atomic mass is 32.1. The smallest absolute Gasteiger partial charge is 0.256 e. The van der Waals surface area contributed by atoms with E-state index in [0.717, 1.165) is 0 Å². The normalized spacial score (nSPS) is 10.4. The minimum Gasteiger partial charge on any atom is -0.491 e. The van der Waals surface area contributed by atoms with Gasteiger partial charge in [0.2, 0.25) is 0 Å². The van der Waals surface area contributed by atoms with Crippen LogP contribution in [0.4, 0.5) is 5.00 Å². The molecule has 0 fully saturated rings. The fourth-order valence-corrected chi connectivity index (χ4v) is 2.63. The molecule has 0 unspecified atom stereocenters. The lowest BCUT2D eigenvalue weighted by Crippen LogP contribution is -2.20. The summed E-state index contributed by atoms with van der Waals surface area (Å²) in [6, 6.07) is 8.57. The van der Waals surface area contributed by atoms with Gasteiger partial charge in [0, 0.05) is 12.6 Å². The molecule has 0 saturated heterocycles. The van der Waals surface area contributed by atoms with Gasteiger partial charge >= 0.3 is 0 Å². The number of hydrogen-bond donors (Lipinski definition) is 2. The Labute approximate surface area is 133 Å². The van der Waals surface area contributed by atoms with Gasteiger partial charge in [0.05, 0.1) is 11.7 Å². The van der Waals surface area contributed by atoms with Crippen molar-refractivity contribution >= 4 is 28.2 Å². The summed E-state index contributed by atoms with van der Waals surface area (Å²) in [5, 5.41) is 7.60. The molecule has 0 saturated carbocycles. The van der Waals surface area contributed by atoms with Crippen LogP contribution in [0.15, 0.2) is 35.7 Å². The average molecular weight is 318 g/mol. The van der Waals surface area contributed by atoms with Crippen molar-refractivity contribution < 1.29 is 14.3 Å².